The van der Waals surface area contributed by atoms with Crippen molar-refractivity contribution in [2.45, 2.75) is 32.2 Å². The minimum absolute atomic E-state index is 0.0996. The number of phenols is 1. The molecule has 0 unspecified atom stereocenters. The van der Waals surface area contributed by atoms with Gasteiger partial charge in [0.1, 0.15) is 11.8 Å². The van der Waals surface area contributed by atoms with Gasteiger partial charge in [-0.15, -0.1) is 5.01 Å². The lowest BCUT2D eigenvalue weighted by atomic mass is 10.1. The highest BCUT2D eigenvalue weighted by Crippen LogP contribution is 2.12. The number of nitrogens with zero attached hydrogens (tertiary/aromatic N) is 3. The van der Waals surface area contributed by atoms with Crippen LogP contribution in [0.1, 0.15) is 25.3 Å². The fraction of sp³-hybridized carbons (Fsp3) is 0.500. The van der Waals surface area contributed by atoms with Crippen LogP contribution < -0.4 is 5.32 Å². The zero-order valence-electron chi connectivity index (χ0n) is 14.5. The van der Waals surface area contributed by atoms with Crippen molar-refractivity contribution in [3.63, 3.8) is 0 Å². The lowest BCUT2D eigenvalue weighted by molar-refractivity contribution is -0.708. The number of carbonyl (C=O) groups excluding carboxylic acids is 2. The van der Waals surface area contributed by atoms with Gasteiger partial charge >= 0.3 is 5.97 Å². The van der Waals surface area contributed by atoms with Crippen molar-refractivity contribution in [1.82, 2.24) is 10.3 Å². The smallest absolute Gasteiger partial charge is 0.331 e. The van der Waals surface area contributed by atoms with Gasteiger partial charge < -0.3 is 25.2 Å². The van der Waals surface area contributed by atoms with E-state index in [2.05, 4.69) is 10.6 Å². The molecule has 10 heteroatoms. The number of hydrogen-bond donors (Lipinski definition) is 2. The Morgan fingerprint density at radius 3 is 2.62 bits per heavy atom. The Bertz CT molecular complexity index is 643. The van der Waals surface area contributed by atoms with Crippen molar-refractivity contribution in [2.24, 2.45) is 5.28 Å². The molecule has 1 aliphatic heterocycles. The lowest BCUT2D eigenvalue weighted by Crippen LogP contribution is -2.42. The van der Waals surface area contributed by atoms with Crippen molar-refractivity contribution in [2.75, 3.05) is 19.9 Å². The Morgan fingerprint density at radius 2 is 2.00 bits per heavy atom. The molecule has 1 fully saturated rings. The first-order valence-corrected chi connectivity index (χ1v) is 8.22. The number of ether oxygens (including phenoxy) is 1. The molecule has 0 aromatic heterocycles. The second kappa shape index (κ2) is 9.44. The van der Waals surface area contributed by atoms with Crippen LogP contribution in [0, 0.1) is 5.21 Å². The van der Waals surface area contributed by atoms with Gasteiger partial charge in [-0.3, -0.25) is 4.79 Å². The number of phenolic OH excluding ortho intramolecular Hbond substituents is 1. The van der Waals surface area contributed by atoms with Gasteiger partial charge in [0.2, 0.25) is 11.2 Å². The van der Waals surface area contributed by atoms with E-state index in [1.54, 1.807) is 12.1 Å². The molecular weight excluding hydrogens is 344 g/mol. The first-order chi connectivity index (χ1) is 12.5. The third-order valence-electron chi connectivity index (χ3n) is 3.74. The highest BCUT2D eigenvalue weighted by atomic mass is 16.8. The van der Waals surface area contributed by atoms with Crippen LogP contribution in [-0.2, 0) is 25.6 Å². The molecular formula is C16H22N4O6. The predicted molar refractivity (Wildman–Crippen MR) is 88.3 cm³/mol. The minimum Gasteiger partial charge on any atom is -0.569 e. The summed E-state index contributed by atoms with van der Waals surface area (Å²) in [6, 6.07) is 5.30. The van der Waals surface area contributed by atoms with Gasteiger partial charge in [0.25, 0.3) is 6.79 Å². The summed E-state index contributed by atoms with van der Waals surface area (Å²) in [6.07, 6.45) is 2.01. The summed E-state index contributed by atoms with van der Waals surface area (Å²) in [6.45, 7) is 1.95. The SMILES string of the molecule is CC(=O)N[C@@H](Cc1ccc(O)cc1)C(=O)OCO/N=[N+](\[O-])N1CCCC1. The number of rotatable bonds is 8. The van der Waals surface area contributed by atoms with Gasteiger partial charge in [-0.05, 0) is 30.5 Å². The maximum absolute atomic E-state index is 12.1. The molecule has 0 aliphatic carbocycles. The number of amides is 1. The molecule has 0 radical (unpaired) electrons. The average Bonchev–Trinajstić information content (AvgIpc) is 3.14. The number of hydrogen-bond acceptors (Lipinski definition) is 7. The van der Waals surface area contributed by atoms with E-state index in [9.17, 15) is 19.9 Å². The van der Waals surface area contributed by atoms with Crippen molar-refractivity contribution < 1.29 is 29.2 Å². The van der Waals surface area contributed by atoms with Crippen LogP contribution in [-0.4, -0.2) is 52.9 Å². The Morgan fingerprint density at radius 1 is 1.35 bits per heavy atom. The van der Waals surface area contributed by atoms with E-state index >= 15 is 0 Å². The monoisotopic (exact) mass is 366 g/mol. The van der Waals surface area contributed by atoms with E-state index in [-0.39, 0.29) is 12.2 Å². The molecule has 0 bridgehead atoms. The Labute approximate surface area is 150 Å². The lowest BCUT2D eigenvalue weighted by Gasteiger charge is -2.16. The average molecular weight is 366 g/mol. The molecule has 1 heterocycles. The highest BCUT2D eigenvalue weighted by molar-refractivity contribution is 5.83. The Kier molecular flexibility index (Phi) is 7.01. The molecule has 10 nitrogen and oxygen atoms in total. The molecule has 2 rings (SSSR count). The van der Waals surface area contributed by atoms with E-state index in [1.807, 2.05) is 0 Å². The van der Waals surface area contributed by atoms with Gasteiger partial charge in [0, 0.05) is 13.3 Å². The van der Waals surface area contributed by atoms with E-state index < -0.39 is 24.7 Å². The van der Waals surface area contributed by atoms with Gasteiger partial charge in [-0.1, -0.05) is 12.1 Å². The van der Waals surface area contributed by atoms with Crippen LogP contribution in [0.5, 0.6) is 5.75 Å². The van der Waals surface area contributed by atoms with Crippen LogP contribution in [0.3, 0.4) is 0 Å². The Hall–Kier alpha value is -3.04. The summed E-state index contributed by atoms with van der Waals surface area (Å²) in [5, 5.41) is 28.1. The predicted octanol–water partition coefficient (Wildman–Crippen LogP) is 0.845. The van der Waals surface area contributed by atoms with Gasteiger partial charge in [-0.25, -0.2) is 4.79 Å². The second-order valence-electron chi connectivity index (χ2n) is 5.83. The number of nitrogens with one attached hydrogen (secondary N) is 1. The molecule has 0 spiro atoms. The fourth-order valence-corrected chi connectivity index (χ4v) is 2.49. The largest absolute Gasteiger partial charge is 0.569 e. The molecule has 1 atom stereocenters. The van der Waals surface area contributed by atoms with Gasteiger partial charge in [-0.2, -0.15) is 0 Å². The zero-order chi connectivity index (χ0) is 18.9. The van der Waals surface area contributed by atoms with Crippen molar-refractivity contribution in [3.8, 4) is 5.75 Å². The van der Waals surface area contributed by atoms with E-state index in [1.165, 1.54) is 24.1 Å². The summed E-state index contributed by atoms with van der Waals surface area (Å²) < 4.78 is 4.91. The topological polar surface area (TPSA) is 127 Å². The molecule has 26 heavy (non-hydrogen) atoms. The highest BCUT2D eigenvalue weighted by Gasteiger charge is 2.22. The molecule has 1 aromatic carbocycles. The summed E-state index contributed by atoms with van der Waals surface area (Å²) in [5.74, 6) is -1.01. The third-order valence-corrected chi connectivity index (χ3v) is 3.74. The number of esters is 1. The maximum atomic E-state index is 12.1. The second-order valence-corrected chi connectivity index (χ2v) is 5.83. The zero-order valence-corrected chi connectivity index (χ0v) is 14.5. The summed E-state index contributed by atoms with van der Waals surface area (Å²) in [4.78, 5) is 28.5. The number of benzene rings is 1. The van der Waals surface area contributed by atoms with Crippen LogP contribution in [0.25, 0.3) is 0 Å². The van der Waals surface area contributed by atoms with Crippen LogP contribution in [0.2, 0.25) is 0 Å². The first kappa shape index (κ1) is 19.3. The summed E-state index contributed by atoms with van der Waals surface area (Å²) >= 11 is 0. The number of aromatic hydroxyl groups is 1. The minimum atomic E-state index is -0.928. The fourth-order valence-electron chi connectivity index (χ4n) is 2.49. The van der Waals surface area contributed by atoms with E-state index in [0.29, 0.717) is 18.1 Å². The van der Waals surface area contributed by atoms with Crippen molar-refractivity contribution in [3.05, 3.63) is 35.0 Å². The molecule has 1 aliphatic rings. The first-order valence-electron chi connectivity index (χ1n) is 8.22. The van der Waals surface area contributed by atoms with Gasteiger partial charge in [0.15, 0.2) is 0 Å². The molecule has 0 saturated carbocycles. The third kappa shape index (κ3) is 6.11. The standard InChI is InChI=1S/C16H22N4O6/c1-12(21)17-15(10-13-4-6-14(22)7-5-13)16(23)25-11-26-18-20(24)19-8-2-3-9-19/h4-7,15,22H,2-3,8-11H2,1H3,(H,17,21)/b20-18-/t15-/m0/s1. The quantitative estimate of drug-likeness (QED) is 0.174. The van der Waals surface area contributed by atoms with Gasteiger partial charge in [0.05, 0.1) is 18.1 Å². The summed E-state index contributed by atoms with van der Waals surface area (Å²) in [7, 11) is 0. The Balaban J connectivity index is 1.84. The van der Waals surface area contributed by atoms with Crippen LogP contribution in [0.4, 0.5) is 0 Å². The van der Waals surface area contributed by atoms with E-state index in [4.69, 9.17) is 9.57 Å². The molecule has 2 N–H and O–H groups in total. The normalized spacial score (nSPS) is 15.4. The van der Waals surface area contributed by atoms with Crippen LogP contribution in [0.15, 0.2) is 29.5 Å². The molecule has 142 valence electrons. The molecule has 1 aromatic rings. The number of hydrazine groups is 1. The molecule has 1 saturated heterocycles. The molecule has 1 amide bonds. The summed E-state index contributed by atoms with van der Waals surface area (Å²) in [5.41, 5.74) is 0.726. The van der Waals surface area contributed by atoms with Crippen molar-refractivity contribution >= 4 is 11.9 Å². The van der Waals surface area contributed by atoms with E-state index in [0.717, 1.165) is 18.4 Å². The van der Waals surface area contributed by atoms with Crippen LogP contribution >= 0.6 is 0 Å². The van der Waals surface area contributed by atoms with Crippen molar-refractivity contribution in [1.29, 1.82) is 0 Å². The number of carbonyl (C=O) groups is 2. The maximum Gasteiger partial charge on any atom is 0.331 e.